The topological polar surface area (TPSA) is 66.9 Å². The summed E-state index contributed by atoms with van der Waals surface area (Å²) in [5.41, 5.74) is 2.14. The van der Waals surface area contributed by atoms with Crippen LogP contribution in [0.25, 0.3) is 0 Å². The molecule has 27 heavy (non-hydrogen) atoms. The number of nitrogens with one attached hydrogen (secondary N) is 2. The molecule has 1 atom stereocenters. The number of hydrogen-bond donors (Lipinski definition) is 2. The van der Waals surface area contributed by atoms with Crippen molar-refractivity contribution in [3.63, 3.8) is 0 Å². The fraction of sp³-hybridized carbons (Fsp3) is 0.550. The third kappa shape index (κ3) is 6.21. The molecule has 2 N–H and O–H groups in total. The van der Waals surface area contributed by atoms with Gasteiger partial charge < -0.3 is 10.6 Å². The maximum Gasteiger partial charge on any atom is 0.234 e. The summed E-state index contributed by atoms with van der Waals surface area (Å²) in [5.74, 6) is 0.859. The van der Waals surface area contributed by atoms with Gasteiger partial charge in [-0.25, -0.2) is 0 Å². The van der Waals surface area contributed by atoms with E-state index >= 15 is 0 Å². The molecule has 3 rings (SSSR count). The van der Waals surface area contributed by atoms with E-state index in [0.717, 1.165) is 21.6 Å². The Bertz CT molecular complexity index is 726. The molecule has 1 aliphatic carbocycles. The number of nitrogens with zero attached hydrogens (tertiary/aromatic N) is 2. The van der Waals surface area contributed by atoms with Crippen molar-refractivity contribution in [1.29, 1.82) is 0 Å². The minimum atomic E-state index is -0.0201. The van der Waals surface area contributed by atoms with Crippen molar-refractivity contribution in [2.45, 2.75) is 68.7 Å². The van der Waals surface area contributed by atoms with E-state index < -0.39 is 0 Å². The zero-order valence-electron chi connectivity index (χ0n) is 16.0. The van der Waals surface area contributed by atoms with Crippen LogP contribution in [0.1, 0.15) is 63.9 Å². The first-order chi connectivity index (χ1) is 13.1. The zero-order valence-corrected chi connectivity index (χ0v) is 17.7. The van der Waals surface area contributed by atoms with E-state index in [1.807, 2.05) is 12.1 Å². The number of hydrogen-bond acceptors (Lipinski definition) is 6. The lowest BCUT2D eigenvalue weighted by Gasteiger charge is -2.21. The van der Waals surface area contributed by atoms with Gasteiger partial charge in [-0.2, -0.15) is 0 Å². The summed E-state index contributed by atoms with van der Waals surface area (Å²) >= 11 is 2.97. The number of amides is 1. The number of aromatic nitrogens is 2. The van der Waals surface area contributed by atoms with E-state index in [1.165, 1.54) is 60.8 Å². The lowest BCUT2D eigenvalue weighted by atomic mass is 9.96. The lowest BCUT2D eigenvalue weighted by molar-refractivity contribution is -0.113. The number of carbonyl (C=O) groups excluding carboxylic acids is 1. The van der Waals surface area contributed by atoms with E-state index in [0.29, 0.717) is 17.7 Å². The molecule has 1 amide bonds. The fourth-order valence-electron chi connectivity index (χ4n) is 3.20. The van der Waals surface area contributed by atoms with E-state index in [2.05, 4.69) is 46.8 Å². The van der Waals surface area contributed by atoms with Gasteiger partial charge in [-0.05, 0) is 42.9 Å². The fourth-order valence-corrected chi connectivity index (χ4v) is 4.83. The molecule has 0 unspecified atom stereocenters. The molecule has 1 heterocycles. The van der Waals surface area contributed by atoms with Gasteiger partial charge in [0.15, 0.2) is 4.34 Å². The van der Waals surface area contributed by atoms with Crippen molar-refractivity contribution in [2.75, 3.05) is 16.4 Å². The van der Waals surface area contributed by atoms with Crippen molar-refractivity contribution < 1.29 is 4.79 Å². The van der Waals surface area contributed by atoms with Gasteiger partial charge in [0.25, 0.3) is 0 Å². The van der Waals surface area contributed by atoms with Crippen LogP contribution in [-0.2, 0) is 4.79 Å². The average molecular weight is 405 g/mol. The number of carbonyl (C=O) groups is 1. The van der Waals surface area contributed by atoms with Gasteiger partial charge in [0, 0.05) is 11.7 Å². The van der Waals surface area contributed by atoms with Gasteiger partial charge in [0.05, 0.1) is 5.75 Å². The smallest absolute Gasteiger partial charge is 0.234 e. The lowest BCUT2D eigenvalue weighted by Crippen LogP contribution is -2.21. The second-order valence-electron chi connectivity index (χ2n) is 7.12. The maximum atomic E-state index is 12.2. The van der Waals surface area contributed by atoms with Crippen LogP contribution in [0.3, 0.4) is 0 Å². The Morgan fingerprint density at radius 1 is 1.22 bits per heavy atom. The molecular weight excluding hydrogens is 376 g/mol. The molecule has 1 aromatic heterocycles. The highest BCUT2D eigenvalue weighted by molar-refractivity contribution is 8.01. The Labute approximate surface area is 169 Å². The Morgan fingerprint density at radius 3 is 2.67 bits per heavy atom. The van der Waals surface area contributed by atoms with Crippen molar-refractivity contribution in [2.24, 2.45) is 0 Å². The monoisotopic (exact) mass is 404 g/mol. The summed E-state index contributed by atoms with van der Waals surface area (Å²) in [6.07, 6.45) is 7.44. The van der Waals surface area contributed by atoms with Crippen LogP contribution < -0.4 is 10.6 Å². The largest absolute Gasteiger partial charge is 0.357 e. The standard InChI is InChI=1S/C20H28N4OS2/c1-3-14(2)15-9-11-17(12-10-15)21-18(25)13-26-20-24-23-19(27-20)22-16-7-5-4-6-8-16/h9-12,14,16H,3-8,13H2,1-2H3,(H,21,25)(H,22,23)/t14-/m0/s1. The van der Waals surface area contributed by atoms with Crippen molar-refractivity contribution >= 4 is 39.8 Å². The first kappa shape index (κ1) is 20.1. The average Bonchev–Trinajstić information content (AvgIpc) is 3.14. The van der Waals surface area contributed by atoms with Crippen LogP contribution in [0.15, 0.2) is 28.6 Å². The highest BCUT2D eigenvalue weighted by Gasteiger charge is 2.15. The van der Waals surface area contributed by atoms with Gasteiger partial charge in [-0.3, -0.25) is 4.79 Å². The Kier molecular flexibility index (Phi) is 7.52. The maximum absolute atomic E-state index is 12.2. The molecule has 0 bridgehead atoms. The third-order valence-electron chi connectivity index (χ3n) is 5.04. The van der Waals surface area contributed by atoms with Crippen LogP contribution in [0.4, 0.5) is 10.8 Å². The van der Waals surface area contributed by atoms with Crippen LogP contribution in [0.2, 0.25) is 0 Å². The van der Waals surface area contributed by atoms with Gasteiger partial charge in [0.1, 0.15) is 0 Å². The predicted molar refractivity (Wildman–Crippen MR) is 115 cm³/mol. The van der Waals surface area contributed by atoms with Crippen LogP contribution in [0, 0.1) is 0 Å². The third-order valence-corrected chi connectivity index (χ3v) is 7.03. The first-order valence-electron chi connectivity index (χ1n) is 9.76. The minimum Gasteiger partial charge on any atom is -0.357 e. The molecule has 0 radical (unpaired) electrons. The second-order valence-corrected chi connectivity index (χ2v) is 9.32. The summed E-state index contributed by atoms with van der Waals surface area (Å²) in [6.45, 7) is 4.39. The molecule has 1 saturated carbocycles. The van der Waals surface area contributed by atoms with Gasteiger partial charge in [-0.1, -0.05) is 68.3 Å². The molecule has 5 nitrogen and oxygen atoms in total. The highest BCUT2D eigenvalue weighted by atomic mass is 32.2. The van der Waals surface area contributed by atoms with E-state index in [9.17, 15) is 4.79 Å². The Balaban J connectivity index is 1.43. The van der Waals surface area contributed by atoms with Gasteiger partial charge in [-0.15, -0.1) is 10.2 Å². The van der Waals surface area contributed by atoms with Crippen molar-refractivity contribution in [1.82, 2.24) is 10.2 Å². The van der Waals surface area contributed by atoms with Crippen LogP contribution >= 0.6 is 23.1 Å². The minimum absolute atomic E-state index is 0.0201. The summed E-state index contributed by atoms with van der Waals surface area (Å²) in [6, 6.07) is 8.64. The second kappa shape index (κ2) is 10.1. The molecule has 0 spiro atoms. The quantitative estimate of drug-likeness (QED) is 0.567. The number of anilines is 2. The molecule has 1 aromatic carbocycles. The first-order valence-corrected chi connectivity index (χ1v) is 11.6. The summed E-state index contributed by atoms with van der Waals surface area (Å²) < 4.78 is 0.829. The normalized spacial score (nSPS) is 16.1. The summed E-state index contributed by atoms with van der Waals surface area (Å²) in [5, 5.41) is 15.7. The van der Waals surface area contributed by atoms with Crippen LogP contribution in [-0.4, -0.2) is 27.9 Å². The van der Waals surface area contributed by atoms with Gasteiger partial charge >= 0.3 is 0 Å². The van der Waals surface area contributed by atoms with E-state index in [4.69, 9.17) is 0 Å². The molecule has 146 valence electrons. The SMILES string of the molecule is CC[C@H](C)c1ccc(NC(=O)CSc2nnc(NC3CCCCC3)s2)cc1. The number of thioether (sulfide) groups is 1. The molecule has 2 aromatic rings. The van der Waals surface area contributed by atoms with Crippen LogP contribution in [0.5, 0.6) is 0 Å². The molecule has 1 aliphatic rings. The van der Waals surface area contributed by atoms with Crippen molar-refractivity contribution in [3.05, 3.63) is 29.8 Å². The molecule has 1 fully saturated rings. The Hall–Kier alpha value is -1.60. The van der Waals surface area contributed by atoms with Crippen molar-refractivity contribution in [3.8, 4) is 0 Å². The summed E-state index contributed by atoms with van der Waals surface area (Å²) in [7, 11) is 0. The van der Waals surface area contributed by atoms with Gasteiger partial charge in [0.2, 0.25) is 11.0 Å². The Morgan fingerprint density at radius 2 is 1.96 bits per heavy atom. The number of rotatable bonds is 8. The zero-order chi connectivity index (χ0) is 19.1. The molecule has 7 heteroatoms. The predicted octanol–water partition coefficient (Wildman–Crippen LogP) is 5.53. The van der Waals surface area contributed by atoms with E-state index in [-0.39, 0.29) is 5.91 Å². The molecule has 0 aliphatic heterocycles. The summed E-state index contributed by atoms with van der Waals surface area (Å²) in [4.78, 5) is 12.2. The molecule has 0 saturated heterocycles. The highest BCUT2D eigenvalue weighted by Crippen LogP contribution is 2.28. The molecular formula is C20H28N4OS2. The van der Waals surface area contributed by atoms with E-state index in [1.54, 1.807) is 0 Å². The number of benzene rings is 1.